The van der Waals surface area contributed by atoms with Gasteiger partial charge in [-0.05, 0) is 37.1 Å². The van der Waals surface area contributed by atoms with Crippen LogP contribution in [0.5, 0.6) is 0 Å². The number of hydrogen-bond acceptors (Lipinski definition) is 0. The van der Waals surface area contributed by atoms with Gasteiger partial charge in [-0.3, -0.25) is 0 Å². The van der Waals surface area contributed by atoms with Crippen LogP contribution in [0.4, 0.5) is 0 Å². The average molecular weight is 571 g/mol. The fourth-order valence-corrected chi connectivity index (χ4v) is 11.2. The molecular formula is C27H26P2Tb. The molecule has 4 aromatic carbocycles. The van der Waals surface area contributed by atoms with Crippen molar-refractivity contribution in [2.45, 2.75) is 18.7 Å². The van der Waals surface area contributed by atoms with Gasteiger partial charge >= 0.3 is 0 Å². The van der Waals surface area contributed by atoms with Gasteiger partial charge in [-0.1, -0.05) is 135 Å². The molecule has 4 aromatic rings. The van der Waals surface area contributed by atoms with Gasteiger partial charge in [-0.2, -0.15) is 0 Å². The summed E-state index contributed by atoms with van der Waals surface area (Å²) in [7, 11) is -1.10. The van der Waals surface area contributed by atoms with Crippen molar-refractivity contribution in [2.24, 2.45) is 0 Å². The van der Waals surface area contributed by atoms with E-state index >= 15 is 0 Å². The maximum Gasteiger partial charge on any atom is 0.0210 e. The molecule has 4 rings (SSSR count). The maximum absolute atomic E-state index is 2.48. The molecule has 0 bridgehead atoms. The fourth-order valence-electron chi connectivity index (χ4n) is 3.97. The van der Waals surface area contributed by atoms with Gasteiger partial charge in [0, 0.05) is 43.5 Å². The summed E-state index contributed by atoms with van der Waals surface area (Å²) in [4.78, 5) is 0.0794. The second kappa shape index (κ2) is 11.1. The van der Waals surface area contributed by atoms with Crippen LogP contribution in [0.2, 0.25) is 0 Å². The first-order chi connectivity index (χ1) is 14.2. The van der Waals surface area contributed by atoms with Gasteiger partial charge < -0.3 is 0 Å². The first-order valence-corrected chi connectivity index (χ1v) is 12.7. The Morgan fingerprint density at radius 2 is 0.600 bits per heavy atom. The predicted molar refractivity (Wildman–Crippen MR) is 132 cm³/mol. The molecule has 3 heteroatoms. The molecule has 0 fully saturated rings. The number of hydrogen-bond donors (Lipinski definition) is 0. The topological polar surface area (TPSA) is 0 Å². The third-order valence-corrected chi connectivity index (χ3v) is 11.8. The number of benzene rings is 4. The predicted octanol–water partition coefficient (Wildman–Crippen LogP) is 5.99. The SMILES string of the molecule is CC(C)(P(c1ccccc1)c1ccccc1)P(c1ccccc1)c1ccccc1.[Tb]. The van der Waals surface area contributed by atoms with Crippen LogP contribution < -0.4 is 21.2 Å². The quantitative estimate of drug-likeness (QED) is 0.250. The summed E-state index contributed by atoms with van der Waals surface area (Å²) in [6.45, 7) is 4.95. The molecule has 0 aliphatic heterocycles. The van der Waals surface area contributed by atoms with Gasteiger partial charge in [-0.25, -0.2) is 0 Å². The normalized spacial score (nSPS) is 11.3. The Balaban J connectivity index is 0.00000256. The standard InChI is InChI=1S/C27H26P2.Tb/c1-27(2,28(23-15-7-3-8-16-23)24-17-9-4-10-18-24)29(25-19-11-5-12-20-25)26-21-13-6-14-22-26;/h3-22H,1-2H3;. The molecule has 0 saturated heterocycles. The van der Waals surface area contributed by atoms with Crippen molar-refractivity contribution in [3.63, 3.8) is 0 Å². The fraction of sp³-hybridized carbons (Fsp3) is 0.111. The van der Waals surface area contributed by atoms with Crippen LogP contribution in [-0.2, 0) is 0 Å². The Morgan fingerprint density at radius 1 is 0.400 bits per heavy atom. The Labute approximate surface area is 214 Å². The van der Waals surface area contributed by atoms with Gasteiger partial charge in [0.1, 0.15) is 0 Å². The molecule has 30 heavy (non-hydrogen) atoms. The van der Waals surface area contributed by atoms with E-state index in [0.29, 0.717) is 0 Å². The summed E-state index contributed by atoms with van der Waals surface area (Å²) in [5, 5.41) is 5.77. The van der Waals surface area contributed by atoms with Crippen molar-refractivity contribution >= 4 is 37.1 Å². The van der Waals surface area contributed by atoms with E-state index in [4.69, 9.17) is 0 Å². The van der Waals surface area contributed by atoms with Crippen LogP contribution in [0.15, 0.2) is 121 Å². The van der Waals surface area contributed by atoms with Crippen molar-refractivity contribution in [3.05, 3.63) is 121 Å². The van der Waals surface area contributed by atoms with Crippen LogP contribution >= 0.6 is 15.8 Å². The Bertz CT molecular complexity index is 855. The molecular weight excluding hydrogens is 545 g/mol. The van der Waals surface area contributed by atoms with Crippen LogP contribution in [0, 0.1) is 38.6 Å². The average Bonchev–Trinajstić information content (AvgIpc) is 2.77. The van der Waals surface area contributed by atoms with E-state index in [2.05, 4.69) is 135 Å². The molecule has 0 atom stereocenters. The zero-order valence-electron chi connectivity index (χ0n) is 17.3. The maximum atomic E-state index is 2.48. The van der Waals surface area contributed by atoms with E-state index in [1.165, 1.54) is 21.2 Å². The third kappa shape index (κ3) is 5.25. The third-order valence-electron chi connectivity index (χ3n) is 5.15. The van der Waals surface area contributed by atoms with Crippen LogP contribution in [0.3, 0.4) is 0 Å². The summed E-state index contributed by atoms with van der Waals surface area (Å²) in [6.07, 6.45) is 0. The van der Waals surface area contributed by atoms with Crippen molar-refractivity contribution in [3.8, 4) is 0 Å². The summed E-state index contributed by atoms with van der Waals surface area (Å²) < 4.78 is 0. The Kier molecular flexibility index (Phi) is 8.73. The van der Waals surface area contributed by atoms with Crippen molar-refractivity contribution in [2.75, 3.05) is 0 Å². The Morgan fingerprint density at radius 3 is 0.800 bits per heavy atom. The van der Waals surface area contributed by atoms with E-state index < -0.39 is 15.8 Å². The molecule has 0 nitrogen and oxygen atoms in total. The molecule has 0 aliphatic carbocycles. The first kappa shape index (κ1) is 23.7. The van der Waals surface area contributed by atoms with E-state index in [9.17, 15) is 0 Å². The Hall–Kier alpha value is -0.974. The van der Waals surface area contributed by atoms with Crippen molar-refractivity contribution < 1.29 is 38.6 Å². The van der Waals surface area contributed by atoms with E-state index in [-0.39, 0.29) is 43.5 Å². The molecule has 153 valence electrons. The van der Waals surface area contributed by atoms with Gasteiger partial charge in [-0.15, -0.1) is 0 Å². The molecule has 0 heterocycles. The number of rotatable bonds is 6. The molecule has 0 aromatic heterocycles. The molecule has 0 unspecified atom stereocenters. The molecule has 1 radical (unpaired) electrons. The van der Waals surface area contributed by atoms with Crippen molar-refractivity contribution in [1.82, 2.24) is 0 Å². The van der Waals surface area contributed by atoms with E-state index in [1.54, 1.807) is 0 Å². The largest absolute Gasteiger partial charge is 0.0622 e. The van der Waals surface area contributed by atoms with Gasteiger partial charge in [0.15, 0.2) is 0 Å². The zero-order valence-corrected chi connectivity index (χ0v) is 21.2. The second-order valence-electron chi connectivity index (χ2n) is 7.51. The van der Waals surface area contributed by atoms with E-state index in [0.717, 1.165) is 0 Å². The molecule has 0 aliphatic rings. The van der Waals surface area contributed by atoms with E-state index in [1.807, 2.05) is 0 Å². The van der Waals surface area contributed by atoms with Crippen LogP contribution in [0.1, 0.15) is 13.8 Å². The molecule has 0 saturated carbocycles. The summed E-state index contributed by atoms with van der Waals surface area (Å²) in [5.41, 5.74) is 0. The van der Waals surface area contributed by atoms with Crippen LogP contribution in [0.25, 0.3) is 0 Å². The van der Waals surface area contributed by atoms with Gasteiger partial charge in [0.25, 0.3) is 0 Å². The minimum absolute atomic E-state index is 0. The van der Waals surface area contributed by atoms with Crippen LogP contribution in [-0.4, -0.2) is 4.90 Å². The minimum Gasteiger partial charge on any atom is -0.0622 e. The molecule has 0 amide bonds. The summed E-state index contributed by atoms with van der Waals surface area (Å²) in [5.74, 6) is 0. The molecule has 0 N–H and O–H groups in total. The first-order valence-electron chi connectivity index (χ1n) is 9.98. The monoisotopic (exact) mass is 571 g/mol. The summed E-state index contributed by atoms with van der Waals surface area (Å²) >= 11 is 0. The smallest absolute Gasteiger partial charge is 0.0210 e. The molecule has 0 spiro atoms. The van der Waals surface area contributed by atoms with Crippen molar-refractivity contribution in [1.29, 1.82) is 0 Å². The summed E-state index contributed by atoms with van der Waals surface area (Å²) in [6, 6.07) is 44.4. The minimum atomic E-state index is -0.552. The second-order valence-corrected chi connectivity index (χ2v) is 13.5. The van der Waals surface area contributed by atoms with Gasteiger partial charge in [0.05, 0.1) is 0 Å². The van der Waals surface area contributed by atoms with Gasteiger partial charge in [0.2, 0.25) is 0 Å². The zero-order chi connectivity index (χ0) is 20.1.